The van der Waals surface area contributed by atoms with Gasteiger partial charge in [0.1, 0.15) is 12.1 Å². The van der Waals surface area contributed by atoms with Crippen LogP contribution in [0.4, 0.5) is 5.95 Å². The number of nitrogens with zero attached hydrogens (tertiary/aromatic N) is 2. The van der Waals surface area contributed by atoms with E-state index in [0.29, 0.717) is 29.6 Å². The molecule has 2 rings (SSSR count). The Hall–Kier alpha value is -3.06. The van der Waals surface area contributed by atoms with E-state index in [0.717, 1.165) is 17.4 Å². The molecule has 0 saturated carbocycles. The van der Waals surface area contributed by atoms with Gasteiger partial charge in [-0.05, 0) is 30.8 Å². The monoisotopic (exact) mass is 324 g/mol. The third-order valence-electron chi connectivity index (χ3n) is 3.36. The summed E-state index contributed by atoms with van der Waals surface area (Å²) in [5.74, 6) is 1.02. The highest BCUT2D eigenvalue weighted by molar-refractivity contribution is 5.80. The van der Waals surface area contributed by atoms with Crippen LogP contribution in [0.15, 0.2) is 42.4 Å². The molecule has 0 fully saturated rings. The number of rotatable bonds is 8. The number of benzene rings is 1. The first kappa shape index (κ1) is 17.3. The second kappa shape index (κ2) is 8.54. The predicted molar refractivity (Wildman–Crippen MR) is 95.2 cm³/mol. The Morgan fingerprint density at radius 2 is 2.12 bits per heavy atom. The van der Waals surface area contributed by atoms with Gasteiger partial charge in [0.15, 0.2) is 0 Å². The van der Waals surface area contributed by atoms with Crippen molar-refractivity contribution in [1.82, 2.24) is 20.6 Å². The smallest absolute Gasteiger partial charge is 0.228 e. The van der Waals surface area contributed by atoms with Crippen LogP contribution in [0, 0.1) is 5.41 Å². The molecule has 0 bridgehead atoms. The quantitative estimate of drug-likeness (QED) is 0.436. The molecule has 4 N–H and O–H groups in total. The molecule has 1 heterocycles. The second-order valence-electron chi connectivity index (χ2n) is 4.95. The number of hydrogen-bond donors (Lipinski definition) is 4. The lowest BCUT2D eigenvalue weighted by molar-refractivity contribution is 0.112. The maximum Gasteiger partial charge on any atom is 0.228 e. The van der Waals surface area contributed by atoms with Gasteiger partial charge >= 0.3 is 0 Å². The summed E-state index contributed by atoms with van der Waals surface area (Å²) in [6, 6.07) is 7.45. The largest absolute Gasteiger partial charge is 0.375 e. The van der Waals surface area contributed by atoms with Crippen molar-refractivity contribution < 1.29 is 4.79 Å². The van der Waals surface area contributed by atoms with Crippen LogP contribution in [0.1, 0.15) is 15.9 Å². The Balaban J connectivity index is 2.32. The standard InChI is InChI=1S/C17H20N6O/c1-19-10-13-4-3-12(9-14(13)11-24)15-6-8-21-17(22-15)23-16(20-2)5-7-18/h3-9,11,18-20H,10H2,1-2H3,(H,21,22,23)/b16-5+,18-7?. The number of nitrogens with one attached hydrogen (secondary N) is 4. The van der Waals surface area contributed by atoms with Crippen LogP contribution in [0.5, 0.6) is 0 Å². The first-order valence-electron chi connectivity index (χ1n) is 7.43. The third-order valence-corrected chi connectivity index (χ3v) is 3.36. The van der Waals surface area contributed by atoms with E-state index in [9.17, 15) is 4.79 Å². The summed E-state index contributed by atoms with van der Waals surface area (Å²) in [5.41, 5.74) is 3.12. The van der Waals surface area contributed by atoms with Gasteiger partial charge in [-0.15, -0.1) is 0 Å². The first-order valence-corrected chi connectivity index (χ1v) is 7.43. The summed E-state index contributed by atoms with van der Waals surface area (Å²) in [4.78, 5) is 19.9. The van der Waals surface area contributed by atoms with Gasteiger partial charge < -0.3 is 21.4 Å². The van der Waals surface area contributed by atoms with Crippen LogP contribution >= 0.6 is 0 Å². The number of carbonyl (C=O) groups is 1. The number of aldehydes is 1. The molecule has 0 amide bonds. The van der Waals surface area contributed by atoms with Crippen LogP contribution < -0.4 is 16.0 Å². The molecule has 7 heteroatoms. The summed E-state index contributed by atoms with van der Waals surface area (Å²) in [7, 11) is 3.58. The second-order valence-corrected chi connectivity index (χ2v) is 4.95. The summed E-state index contributed by atoms with van der Waals surface area (Å²) in [6.45, 7) is 0.630. The summed E-state index contributed by atoms with van der Waals surface area (Å²) in [6.07, 6.45) is 5.22. The average Bonchev–Trinajstić information content (AvgIpc) is 2.62. The van der Waals surface area contributed by atoms with E-state index in [-0.39, 0.29) is 0 Å². The number of carbonyl (C=O) groups excluding carboxylic acids is 1. The lowest BCUT2D eigenvalue weighted by Gasteiger charge is -2.10. The van der Waals surface area contributed by atoms with Crippen molar-refractivity contribution in [1.29, 1.82) is 5.41 Å². The maximum absolute atomic E-state index is 11.3. The van der Waals surface area contributed by atoms with Gasteiger partial charge in [-0.3, -0.25) is 4.79 Å². The zero-order valence-corrected chi connectivity index (χ0v) is 13.6. The van der Waals surface area contributed by atoms with Crippen molar-refractivity contribution in [2.75, 3.05) is 19.4 Å². The molecule has 0 radical (unpaired) electrons. The summed E-state index contributed by atoms with van der Waals surface area (Å²) >= 11 is 0. The Morgan fingerprint density at radius 3 is 2.79 bits per heavy atom. The van der Waals surface area contributed by atoms with E-state index in [1.54, 1.807) is 25.4 Å². The first-order chi connectivity index (χ1) is 11.7. The molecular weight excluding hydrogens is 304 g/mol. The van der Waals surface area contributed by atoms with Gasteiger partial charge in [0.05, 0.1) is 5.69 Å². The molecule has 0 atom stereocenters. The number of aromatic nitrogens is 2. The molecule has 2 aromatic rings. The van der Waals surface area contributed by atoms with Gasteiger partial charge in [-0.2, -0.15) is 0 Å². The predicted octanol–water partition coefficient (Wildman–Crippen LogP) is 1.80. The van der Waals surface area contributed by atoms with Crippen LogP contribution in [-0.2, 0) is 6.54 Å². The van der Waals surface area contributed by atoms with Crippen molar-refractivity contribution in [2.24, 2.45) is 0 Å². The Bertz CT molecular complexity index is 756. The van der Waals surface area contributed by atoms with Gasteiger partial charge in [0.2, 0.25) is 5.95 Å². The highest BCUT2D eigenvalue weighted by Crippen LogP contribution is 2.21. The molecule has 0 unspecified atom stereocenters. The number of hydrogen-bond acceptors (Lipinski definition) is 7. The van der Waals surface area contributed by atoms with Crippen LogP contribution in [0.3, 0.4) is 0 Å². The van der Waals surface area contributed by atoms with Crippen molar-refractivity contribution in [3.05, 3.63) is 53.5 Å². The van der Waals surface area contributed by atoms with Gasteiger partial charge in [0.25, 0.3) is 0 Å². The molecule has 7 nitrogen and oxygen atoms in total. The van der Waals surface area contributed by atoms with Gasteiger partial charge in [0, 0.05) is 37.1 Å². The van der Waals surface area contributed by atoms with Gasteiger partial charge in [-0.25, -0.2) is 9.97 Å². The van der Waals surface area contributed by atoms with Crippen LogP contribution in [-0.4, -0.2) is 36.6 Å². The minimum absolute atomic E-state index is 0.405. The molecule has 0 spiro atoms. The molecule has 0 aliphatic carbocycles. The van der Waals surface area contributed by atoms with Crippen molar-refractivity contribution in [3.8, 4) is 11.3 Å². The minimum atomic E-state index is 0.405. The average molecular weight is 324 g/mol. The SMILES string of the molecule is CNCc1ccc(-c2ccnc(N/C(=C/C=N)NC)n2)cc1C=O. The Labute approximate surface area is 140 Å². The molecule has 1 aromatic carbocycles. The zero-order chi connectivity index (χ0) is 17.4. The van der Waals surface area contributed by atoms with Crippen LogP contribution in [0.25, 0.3) is 11.3 Å². The third kappa shape index (κ3) is 4.23. The maximum atomic E-state index is 11.3. The number of anilines is 1. The highest BCUT2D eigenvalue weighted by Gasteiger charge is 2.07. The fourth-order valence-corrected chi connectivity index (χ4v) is 2.19. The molecule has 1 aromatic heterocycles. The van der Waals surface area contributed by atoms with Crippen molar-refractivity contribution >= 4 is 18.4 Å². The molecule has 0 saturated heterocycles. The fourth-order valence-electron chi connectivity index (χ4n) is 2.19. The van der Waals surface area contributed by atoms with E-state index in [4.69, 9.17) is 5.41 Å². The van der Waals surface area contributed by atoms with Crippen molar-refractivity contribution in [2.45, 2.75) is 6.54 Å². The molecule has 24 heavy (non-hydrogen) atoms. The highest BCUT2D eigenvalue weighted by atomic mass is 16.1. The Morgan fingerprint density at radius 1 is 1.29 bits per heavy atom. The molecule has 124 valence electrons. The van der Waals surface area contributed by atoms with Crippen molar-refractivity contribution in [3.63, 3.8) is 0 Å². The van der Waals surface area contributed by atoms with Crippen LogP contribution in [0.2, 0.25) is 0 Å². The van der Waals surface area contributed by atoms with E-state index < -0.39 is 0 Å². The molecule has 0 aliphatic rings. The molecular formula is C17H20N6O. The lowest BCUT2D eigenvalue weighted by Crippen LogP contribution is -2.16. The van der Waals surface area contributed by atoms with E-state index in [1.165, 1.54) is 6.21 Å². The van der Waals surface area contributed by atoms with Gasteiger partial charge in [-0.1, -0.05) is 12.1 Å². The topological polar surface area (TPSA) is 103 Å². The van der Waals surface area contributed by atoms with E-state index in [2.05, 4.69) is 25.9 Å². The Kier molecular flexibility index (Phi) is 6.16. The lowest BCUT2D eigenvalue weighted by atomic mass is 10.0. The van der Waals surface area contributed by atoms with E-state index in [1.807, 2.05) is 25.2 Å². The minimum Gasteiger partial charge on any atom is -0.375 e. The summed E-state index contributed by atoms with van der Waals surface area (Å²) in [5, 5.41) is 16.1. The normalized spacial score (nSPS) is 11.0. The fraction of sp³-hybridized carbons (Fsp3) is 0.176. The zero-order valence-electron chi connectivity index (χ0n) is 13.6. The number of allylic oxidation sites excluding steroid dienone is 1. The van der Waals surface area contributed by atoms with E-state index >= 15 is 0 Å². The summed E-state index contributed by atoms with van der Waals surface area (Å²) < 4.78 is 0. The molecule has 0 aliphatic heterocycles.